The van der Waals surface area contributed by atoms with Crippen LogP contribution in [0.2, 0.25) is 0 Å². The molecule has 0 spiro atoms. The highest BCUT2D eigenvalue weighted by Gasteiger charge is 2.30. The van der Waals surface area contributed by atoms with Crippen LogP contribution in [-0.2, 0) is 19.6 Å². The van der Waals surface area contributed by atoms with Gasteiger partial charge >= 0.3 is 6.18 Å². The van der Waals surface area contributed by atoms with Gasteiger partial charge in [-0.1, -0.05) is 12.1 Å². The molecule has 102 valence electrons. The summed E-state index contributed by atoms with van der Waals surface area (Å²) in [4.78, 5) is 0. The maximum Gasteiger partial charge on any atom is 0.416 e. The number of halogens is 3. The van der Waals surface area contributed by atoms with Crippen LogP contribution in [0.5, 0.6) is 0 Å². The van der Waals surface area contributed by atoms with E-state index in [4.69, 9.17) is 5.73 Å². The molecule has 0 atom stereocenters. The lowest BCUT2D eigenvalue weighted by Crippen LogP contribution is -2.06. The van der Waals surface area contributed by atoms with Gasteiger partial charge in [-0.05, 0) is 30.7 Å². The topological polar surface area (TPSA) is 43.8 Å². The number of aromatic nitrogens is 2. The predicted octanol–water partition coefficient (Wildman–Crippen LogP) is 2.61. The highest BCUT2D eigenvalue weighted by Crippen LogP contribution is 2.32. The van der Waals surface area contributed by atoms with E-state index in [1.54, 1.807) is 24.0 Å². The zero-order valence-electron chi connectivity index (χ0n) is 10.4. The van der Waals surface area contributed by atoms with E-state index in [-0.39, 0.29) is 0 Å². The number of rotatable bonds is 3. The Morgan fingerprint density at radius 2 is 2.05 bits per heavy atom. The van der Waals surface area contributed by atoms with Crippen molar-refractivity contribution < 1.29 is 13.2 Å². The van der Waals surface area contributed by atoms with Gasteiger partial charge in [-0.2, -0.15) is 18.3 Å². The summed E-state index contributed by atoms with van der Waals surface area (Å²) in [5.74, 6) is 0. The Morgan fingerprint density at radius 1 is 1.32 bits per heavy atom. The van der Waals surface area contributed by atoms with Gasteiger partial charge in [-0.25, -0.2) is 0 Å². The Balaban J connectivity index is 2.50. The molecule has 3 nitrogen and oxygen atoms in total. The molecule has 0 radical (unpaired) electrons. The second-order valence-electron chi connectivity index (χ2n) is 4.26. The van der Waals surface area contributed by atoms with Crippen LogP contribution in [0.25, 0.3) is 11.3 Å². The van der Waals surface area contributed by atoms with Crippen LogP contribution < -0.4 is 5.73 Å². The van der Waals surface area contributed by atoms with Crippen LogP contribution in [0, 0.1) is 0 Å². The van der Waals surface area contributed by atoms with E-state index in [1.165, 1.54) is 6.07 Å². The van der Waals surface area contributed by atoms with E-state index in [1.807, 2.05) is 0 Å². The quantitative estimate of drug-likeness (QED) is 0.930. The first-order valence-electron chi connectivity index (χ1n) is 5.82. The summed E-state index contributed by atoms with van der Waals surface area (Å²) >= 11 is 0. The van der Waals surface area contributed by atoms with Crippen LogP contribution >= 0.6 is 0 Å². The van der Waals surface area contributed by atoms with Crippen molar-refractivity contribution in [2.45, 2.75) is 12.6 Å². The molecule has 1 aromatic carbocycles. The van der Waals surface area contributed by atoms with E-state index < -0.39 is 11.7 Å². The number of benzene rings is 1. The lowest BCUT2D eigenvalue weighted by atomic mass is 10.0. The van der Waals surface area contributed by atoms with Gasteiger partial charge in [0.2, 0.25) is 0 Å². The van der Waals surface area contributed by atoms with Crippen LogP contribution in [-0.4, -0.2) is 16.3 Å². The van der Waals surface area contributed by atoms with E-state index >= 15 is 0 Å². The van der Waals surface area contributed by atoms with Crippen molar-refractivity contribution in [1.82, 2.24) is 9.78 Å². The molecule has 0 aliphatic rings. The van der Waals surface area contributed by atoms with Crippen molar-refractivity contribution in [1.29, 1.82) is 0 Å². The number of alkyl halides is 3. The van der Waals surface area contributed by atoms with Gasteiger partial charge in [0, 0.05) is 12.6 Å². The van der Waals surface area contributed by atoms with Crippen molar-refractivity contribution in [3.63, 3.8) is 0 Å². The minimum absolute atomic E-state index is 0.428. The molecule has 2 rings (SSSR count). The third-order valence-electron chi connectivity index (χ3n) is 2.89. The molecule has 0 saturated carbocycles. The summed E-state index contributed by atoms with van der Waals surface area (Å²) in [7, 11) is 1.70. The zero-order chi connectivity index (χ0) is 14.0. The smallest absolute Gasteiger partial charge is 0.330 e. The molecule has 0 unspecified atom stereocenters. The third kappa shape index (κ3) is 2.78. The highest BCUT2D eigenvalue weighted by molar-refractivity contribution is 5.64. The molecular formula is C13H14F3N3. The molecular weight excluding hydrogens is 255 g/mol. The van der Waals surface area contributed by atoms with Crippen LogP contribution in [0.3, 0.4) is 0 Å². The minimum Gasteiger partial charge on any atom is -0.330 e. The molecule has 0 aliphatic carbocycles. The summed E-state index contributed by atoms with van der Waals surface area (Å²) in [6.07, 6.45) is -2.12. The Kier molecular flexibility index (Phi) is 3.61. The maximum atomic E-state index is 12.7. The fourth-order valence-corrected chi connectivity index (χ4v) is 2.04. The van der Waals surface area contributed by atoms with Crippen LogP contribution in [0.4, 0.5) is 13.2 Å². The van der Waals surface area contributed by atoms with Gasteiger partial charge in [0.25, 0.3) is 0 Å². The first-order chi connectivity index (χ1) is 8.93. The van der Waals surface area contributed by atoms with Gasteiger partial charge in [-0.3, -0.25) is 4.68 Å². The van der Waals surface area contributed by atoms with Crippen molar-refractivity contribution >= 4 is 0 Å². The Morgan fingerprint density at radius 3 is 2.68 bits per heavy atom. The second kappa shape index (κ2) is 5.05. The molecule has 0 aliphatic heterocycles. The summed E-state index contributed by atoms with van der Waals surface area (Å²) in [6.45, 7) is 0.428. The summed E-state index contributed by atoms with van der Waals surface area (Å²) in [5, 5.41) is 4.08. The second-order valence-corrected chi connectivity index (χ2v) is 4.26. The molecule has 0 amide bonds. The number of aryl methyl sites for hydroxylation is 1. The summed E-state index contributed by atoms with van der Waals surface area (Å²) < 4.78 is 39.7. The molecule has 0 bridgehead atoms. The number of hydrogen-bond acceptors (Lipinski definition) is 2. The van der Waals surface area contributed by atoms with E-state index in [2.05, 4.69) is 5.10 Å². The Labute approximate surface area is 108 Å². The maximum absolute atomic E-state index is 12.7. The van der Waals surface area contributed by atoms with Gasteiger partial charge in [0.15, 0.2) is 0 Å². The first kappa shape index (κ1) is 13.6. The molecule has 0 saturated heterocycles. The summed E-state index contributed by atoms with van der Waals surface area (Å²) in [6, 6.07) is 5.24. The molecule has 0 fully saturated rings. The SMILES string of the molecule is Cn1ncc(CCN)c1-c1cccc(C(F)(F)F)c1. The highest BCUT2D eigenvalue weighted by atomic mass is 19.4. The predicted molar refractivity (Wildman–Crippen MR) is 66.4 cm³/mol. The minimum atomic E-state index is -4.34. The molecule has 19 heavy (non-hydrogen) atoms. The fraction of sp³-hybridized carbons (Fsp3) is 0.308. The zero-order valence-corrected chi connectivity index (χ0v) is 10.4. The lowest BCUT2D eigenvalue weighted by Gasteiger charge is -2.10. The van der Waals surface area contributed by atoms with Gasteiger partial charge in [-0.15, -0.1) is 0 Å². The number of nitrogens with zero attached hydrogens (tertiary/aromatic N) is 2. The molecule has 2 N–H and O–H groups in total. The van der Waals surface area contributed by atoms with Crippen molar-refractivity contribution in [2.75, 3.05) is 6.54 Å². The third-order valence-corrected chi connectivity index (χ3v) is 2.89. The van der Waals surface area contributed by atoms with Gasteiger partial charge < -0.3 is 5.73 Å². The molecule has 1 heterocycles. The van der Waals surface area contributed by atoms with Gasteiger partial charge in [0.1, 0.15) is 0 Å². The first-order valence-corrected chi connectivity index (χ1v) is 5.82. The number of nitrogens with two attached hydrogens (primary N) is 1. The Bertz CT molecular complexity index is 573. The van der Waals surface area contributed by atoms with E-state index in [9.17, 15) is 13.2 Å². The van der Waals surface area contributed by atoms with Crippen molar-refractivity contribution in [2.24, 2.45) is 12.8 Å². The number of hydrogen-bond donors (Lipinski definition) is 1. The standard InChI is InChI=1S/C13H14F3N3/c1-19-12(10(5-6-17)8-18-19)9-3-2-4-11(7-9)13(14,15)16/h2-4,7-8H,5-6,17H2,1H3. The fourth-order valence-electron chi connectivity index (χ4n) is 2.04. The summed E-state index contributed by atoms with van der Waals surface area (Å²) in [5.41, 5.74) is 6.86. The largest absolute Gasteiger partial charge is 0.416 e. The molecule has 1 aromatic heterocycles. The molecule has 2 aromatic rings. The lowest BCUT2D eigenvalue weighted by molar-refractivity contribution is -0.137. The van der Waals surface area contributed by atoms with Crippen LogP contribution in [0.15, 0.2) is 30.5 Å². The normalized spacial score (nSPS) is 11.8. The Hall–Kier alpha value is -1.82. The average molecular weight is 269 g/mol. The van der Waals surface area contributed by atoms with Crippen molar-refractivity contribution in [3.8, 4) is 11.3 Å². The van der Waals surface area contributed by atoms with Gasteiger partial charge in [0.05, 0.1) is 17.5 Å². The average Bonchev–Trinajstić information content (AvgIpc) is 2.70. The van der Waals surface area contributed by atoms with E-state index in [0.717, 1.165) is 17.7 Å². The molecule has 6 heteroatoms. The van der Waals surface area contributed by atoms with Crippen LogP contribution in [0.1, 0.15) is 11.1 Å². The van der Waals surface area contributed by atoms with E-state index in [0.29, 0.717) is 24.2 Å². The van der Waals surface area contributed by atoms with Crippen molar-refractivity contribution in [3.05, 3.63) is 41.6 Å². The monoisotopic (exact) mass is 269 g/mol.